The summed E-state index contributed by atoms with van der Waals surface area (Å²) in [6.07, 6.45) is 6.99. The van der Waals surface area contributed by atoms with Crippen molar-refractivity contribution in [3.8, 4) is 5.82 Å². The lowest BCUT2D eigenvalue weighted by molar-refractivity contribution is 0.702. The Hall–Kier alpha value is -2.89. The number of hydrogen-bond donors (Lipinski definition) is 2. The molecule has 0 bridgehead atoms. The fourth-order valence-electron chi connectivity index (χ4n) is 2.41. The fraction of sp³-hybridized carbons (Fsp3) is 0.235. The van der Waals surface area contributed by atoms with Gasteiger partial charge in [-0.3, -0.25) is 0 Å². The van der Waals surface area contributed by atoms with Crippen LogP contribution >= 0.6 is 0 Å². The van der Waals surface area contributed by atoms with E-state index in [0.29, 0.717) is 17.3 Å². The lowest BCUT2D eigenvalue weighted by atomic mass is 10.1. The zero-order chi connectivity index (χ0) is 16.1. The second-order valence-corrected chi connectivity index (χ2v) is 5.48. The number of nitrogens with two attached hydrogens (primary N) is 1. The maximum Gasteiger partial charge on any atom is 0.181 e. The second kappa shape index (κ2) is 6.91. The Morgan fingerprint density at radius 1 is 1.17 bits per heavy atom. The van der Waals surface area contributed by atoms with Crippen molar-refractivity contribution in [1.29, 1.82) is 0 Å². The van der Waals surface area contributed by atoms with Gasteiger partial charge in [-0.15, -0.1) is 0 Å². The highest BCUT2D eigenvalue weighted by atomic mass is 15.3. The van der Waals surface area contributed by atoms with E-state index in [2.05, 4.69) is 51.6 Å². The van der Waals surface area contributed by atoms with Crippen LogP contribution in [0.3, 0.4) is 0 Å². The number of hydrogen-bond acceptors (Lipinski definition) is 5. The smallest absolute Gasteiger partial charge is 0.181 e. The first-order valence-corrected chi connectivity index (χ1v) is 7.65. The lowest BCUT2D eigenvalue weighted by Gasteiger charge is -2.17. The molecule has 0 spiro atoms. The minimum absolute atomic E-state index is 0.248. The molecular formula is C17H20N6. The molecule has 0 unspecified atom stereocenters. The molecule has 1 aromatic carbocycles. The molecule has 0 amide bonds. The van der Waals surface area contributed by atoms with Crippen LogP contribution in [-0.4, -0.2) is 25.8 Å². The molecule has 0 aliphatic rings. The monoisotopic (exact) mass is 308 g/mol. The van der Waals surface area contributed by atoms with Gasteiger partial charge in [0.05, 0.1) is 0 Å². The predicted octanol–water partition coefficient (Wildman–Crippen LogP) is 2.68. The van der Waals surface area contributed by atoms with Crippen LogP contribution in [0.25, 0.3) is 5.82 Å². The van der Waals surface area contributed by atoms with Gasteiger partial charge < -0.3 is 11.1 Å². The third-order valence-electron chi connectivity index (χ3n) is 3.68. The highest BCUT2D eigenvalue weighted by Crippen LogP contribution is 2.22. The summed E-state index contributed by atoms with van der Waals surface area (Å²) in [6, 6.07) is 12.5. The van der Waals surface area contributed by atoms with Crippen LogP contribution in [0.2, 0.25) is 0 Å². The second-order valence-electron chi connectivity index (χ2n) is 5.48. The molecule has 0 radical (unpaired) electrons. The summed E-state index contributed by atoms with van der Waals surface area (Å²) in [6.45, 7) is 2.12. The Morgan fingerprint density at radius 3 is 2.74 bits per heavy atom. The van der Waals surface area contributed by atoms with Gasteiger partial charge in [-0.2, -0.15) is 5.10 Å². The summed E-state index contributed by atoms with van der Waals surface area (Å²) in [7, 11) is 0. The van der Waals surface area contributed by atoms with E-state index < -0.39 is 0 Å². The molecule has 1 atom stereocenters. The average Bonchev–Trinajstić information content (AvgIpc) is 3.10. The van der Waals surface area contributed by atoms with E-state index in [1.165, 1.54) is 11.9 Å². The zero-order valence-corrected chi connectivity index (χ0v) is 13.1. The number of nitrogens with zero attached hydrogens (tertiary/aromatic N) is 4. The Kier molecular flexibility index (Phi) is 4.52. The number of aryl methyl sites for hydroxylation is 1. The molecule has 0 saturated heterocycles. The molecule has 2 aromatic heterocycles. The molecule has 3 N–H and O–H groups in total. The van der Waals surface area contributed by atoms with Crippen molar-refractivity contribution in [2.45, 2.75) is 25.8 Å². The molecule has 0 fully saturated rings. The lowest BCUT2D eigenvalue weighted by Crippen LogP contribution is -2.19. The molecule has 0 aliphatic carbocycles. The minimum atomic E-state index is 0.248. The maximum absolute atomic E-state index is 6.18. The van der Waals surface area contributed by atoms with Crippen LogP contribution < -0.4 is 11.1 Å². The van der Waals surface area contributed by atoms with Crippen molar-refractivity contribution in [3.05, 3.63) is 60.7 Å². The molecule has 118 valence electrons. The van der Waals surface area contributed by atoms with E-state index in [9.17, 15) is 0 Å². The summed E-state index contributed by atoms with van der Waals surface area (Å²) >= 11 is 0. The molecule has 23 heavy (non-hydrogen) atoms. The summed E-state index contributed by atoms with van der Waals surface area (Å²) in [5.74, 6) is 1.23. The molecule has 6 nitrogen and oxygen atoms in total. The Labute approximate surface area is 135 Å². The van der Waals surface area contributed by atoms with E-state index in [-0.39, 0.29) is 6.04 Å². The molecule has 6 heteroatoms. The Morgan fingerprint density at radius 2 is 2.00 bits per heavy atom. The maximum atomic E-state index is 6.18. The van der Waals surface area contributed by atoms with Gasteiger partial charge in [0.25, 0.3) is 0 Å². The first kappa shape index (κ1) is 15.0. The number of anilines is 2. The third-order valence-corrected chi connectivity index (χ3v) is 3.68. The fourth-order valence-corrected chi connectivity index (χ4v) is 2.41. The quantitative estimate of drug-likeness (QED) is 0.731. The van der Waals surface area contributed by atoms with Crippen LogP contribution in [0.15, 0.2) is 55.1 Å². The van der Waals surface area contributed by atoms with Crippen LogP contribution in [0.4, 0.5) is 11.5 Å². The van der Waals surface area contributed by atoms with Gasteiger partial charge in [-0.05, 0) is 31.4 Å². The van der Waals surface area contributed by atoms with E-state index in [1.807, 2.05) is 12.1 Å². The SMILES string of the molecule is C[C@H](CCc1ccccc1)Nc1ncnc(-n2cccn2)c1N. The van der Waals surface area contributed by atoms with Gasteiger partial charge in [0.1, 0.15) is 12.0 Å². The van der Waals surface area contributed by atoms with Gasteiger partial charge in [-0.25, -0.2) is 14.6 Å². The topological polar surface area (TPSA) is 81.7 Å². The number of nitrogen functional groups attached to an aromatic ring is 1. The number of aromatic nitrogens is 4. The van der Waals surface area contributed by atoms with Crippen molar-refractivity contribution in [2.75, 3.05) is 11.1 Å². The highest BCUT2D eigenvalue weighted by molar-refractivity contribution is 5.69. The summed E-state index contributed by atoms with van der Waals surface area (Å²) in [5.41, 5.74) is 8.01. The number of nitrogens with one attached hydrogen (secondary N) is 1. The van der Waals surface area contributed by atoms with Crippen LogP contribution in [0, 0.1) is 0 Å². The van der Waals surface area contributed by atoms with Gasteiger partial charge >= 0.3 is 0 Å². The van der Waals surface area contributed by atoms with Gasteiger partial charge in [0.15, 0.2) is 11.6 Å². The molecule has 2 heterocycles. The number of benzene rings is 1. The van der Waals surface area contributed by atoms with Crippen molar-refractivity contribution in [3.63, 3.8) is 0 Å². The van der Waals surface area contributed by atoms with Crippen LogP contribution in [0.5, 0.6) is 0 Å². The normalized spacial score (nSPS) is 12.0. The average molecular weight is 308 g/mol. The van der Waals surface area contributed by atoms with Crippen molar-refractivity contribution < 1.29 is 0 Å². The molecule has 3 rings (SSSR count). The van der Waals surface area contributed by atoms with Crippen molar-refractivity contribution in [1.82, 2.24) is 19.7 Å². The van der Waals surface area contributed by atoms with Crippen molar-refractivity contribution >= 4 is 11.5 Å². The molecule has 3 aromatic rings. The Bertz CT molecular complexity index is 739. The summed E-state index contributed by atoms with van der Waals surface area (Å²) in [4.78, 5) is 8.46. The van der Waals surface area contributed by atoms with E-state index in [0.717, 1.165) is 12.8 Å². The van der Waals surface area contributed by atoms with E-state index in [4.69, 9.17) is 5.73 Å². The largest absolute Gasteiger partial charge is 0.393 e. The van der Waals surface area contributed by atoms with E-state index in [1.54, 1.807) is 17.1 Å². The van der Waals surface area contributed by atoms with E-state index >= 15 is 0 Å². The minimum Gasteiger partial charge on any atom is -0.393 e. The first-order chi connectivity index (χ1) is 11.2. The zero-order valence-electron chi connectivity index (χ0n) is 13.1. The standard InChI is InChI=1S/C17H20N6/c1-13(8-9-14-6-3-2-4-7-14)22-16-15(18)17(20-12-19-16)23-11-5-10-21-23/h2-7,10-13H,8-9,18H2,1H3,(H,19,20,22)/t13-/m1/s1. The number of rotatable bonds is 6. The third kappa shape index (κ3) is 3.66. The molecule has 0 aliphatic heterocycles. The first-order valence-electron chi connectivity index (χ1n) is 7.65. The summed E-state index contributed by atoms with van der Waals surface area (Å²) < 4.78 is 1.64. The summed E-state index contributed by atoms with van der Waals surface area (Å²) in [5, 5.41) is 7.53. The Balaban J connectivity index is 1.67. The van der Waals surface area contributed by atoms with Crippen LogP contribution in [0.1, 0.15) is 18.9 Å². The molecule has 0 saturated carbocycles. The van der Waals surface area contributed by atoms with Crippen LogP contribution in [-0.2, 0) is 6.42 Å². The predicted molar refractivity (Wildman–Crippen MR) is 91.4 cm³/mol. The van der Waals surface area contributed by atoms with Gasteiger partial charge in [-0.1, -0.05) is 30.3 Å². The van der Waals surface area contributed by atoms with Crippen molar-refractivity contribution in [2.24, 2.45) is 0 Å². The molecular weight excluding hydrogens is 288 g/mol. The van der Waals surface area contributed by atoms with Gasteiger partial charge in [0, 0.05) is 18.4 Å². The highest BCUT2D eigenvalue weighted by Gasteiger charge is 2.12. The van der Waals surface area contributed by atoms with Gasteiger partial charge in [0.2, 0.25) is 0 Å².